The van der Waals surface area contributed by atoms with Crippen LogP contribution in [0.1, 0.15) is 50.7 Å². The van der Waals surface area contributed by atoms with Crippen LogP contribution in [0.2, 0.25) is 0 Å². The number of alkyl carbamates (subject to hydrolysis) is 1. The first kappa shape index (κ1) is 23.8. The molecule has 0 unspecified atom stereocenters. The minimum Gasteiger partial charge on any atom is -0.480 e. The van der Waals surface area contributed by atoms with E-state index in [0.717, 1.165) is 11.1 Å². The molecule has 2 N–H and O–H groups in total. The van der Waals surface area contributed by atoms with Crippen molar-refractivity contribution in [2.24, 2.45) is 11.3 Å². The lowest BCUT2D eigenvalue weighted by Gasteiger charge is -2.39. The fraction of sp³-hybridized carbons (Fsp3) is 0.444. The molecule has 2 aliphatic carbocycles. The predicted octanol–water partition coefficient (Wildman–Crippen LogP) is 4.26. The second-order valence-corrected chi connectivity index (χ2v) is 10.5. The van der Waals surface area contributed by atoms with Gasteiger partial charge in [0.1, 0.15) is 13.2 Å². The summed E-state index contributed by atoms with van der Waals surface area (Å²) in [6.45, 7) is 6.22. The molecular formula is C27H32N2O5. The van der Waals surface area contributed by atoms with Crippen molar-refractivity contribution >= 4 is 18.0 Å². The summed E-state index contributed by atoms with van der Waals surface area (Å²) in [5.41, 5.74) is 4.46. The number of carboxylic acid groups (broad SMARTS) is 1. The second kappa shape index (κ2) is 9.49. The average molecular weight is 465 g/mol. The standard InChI is InChI=1S/C27H32N2O5/c1-27(2,3)16-29(14-24(30)31)25(32)17-12-18(13-17)28-26(33)34-15-23-21-10-6-4-8-19(21)20-9-5-7-11-22(20)23/h4-11,17-18,23H,12-16H2,1-3H3,(H,28,33)(H,30,31). The maximum Gasteiger partial charge on any atom is 0.407 e. The fourth-order valence-electron chi connectivity index (χ4n) is 4.95. The summed E-state index contributed by atoms with van der Waals surface area (Å²) in [4.78, 5) is 37.9. The zero-order chi connectivity index (χ0) is 24.5. The van der Waals surface area contributed by atoms with E-state index in [1.165, 1.54) is 16.0 Å². The Morgan fingerprint density at radius 3 is 2.09 bits per heavy atom. The number of benzene rings is 2. The molecule has 0 bridgehead atoms. The van der Waals surface area contributed by atoms with Crippen LogP contribution in [0.4, 0.5) is 4.79 Å². The molecule has 7 heteroatoms. The summed E-state index contributed by atoms with van der Waals surface area (Å²) in [7, 11) is 0. The number of carbonyl (C=O) groups is 3. The summed E-state index contributed by atoms with van der Waals surface area (Å²) in [5, 5.41) is 12.0. The van der Waals surface area contributed by atoms with Gasteiger partial charge in [-0.3, -0.25) is 9.59 Å². The molecule has 1 fully saturated rings. The number of fused-ring (bicyclic) bond motifs is 3. The Morgan fingerprint density at radius 1 is 1.00 bits per heavy atom. The van der Waals surface area contributed by atoms with Crippen LogP contribution in [0, 0.1) is 11.3 Å². The normalized spacial score (nSPS) is 18.9. The smallest absolute Gasteiger partial charge is 0.407 e. The van der Waals surface area contributed by atoms with Gasteiger partial charge in [-0.25, -0.2) is 4.79 Å². The van der Waals surface area contributed by atoms with Crippen molar-refractivity contribution in [2.45, 2.75) is 45.6 Å². The third-order valence-corrected chi connectivity index (χ3v) is 6.46. The van der Waals surface area contributed by atoms with Gasteiger partial charge in [0.05, 0.1) is 0 Å². The fourth-order valence-corrected chi connectivity index (χ4v) is 4.95. The largest absolute Gasteiger partial charge is 0.480 e. The molecule has 7 nitrogen and oxygen atoms in total. The van der Waals surface area contributed by atoms with Crippen molar-refractivity contribution in [3.8, 4) is 11.1 Å². The first-order valence-corrected chi connectivity index (χ1v) is 11.7. The van der Waals surface area contributed by atoms with Crippen molar-refractivity contribution in [1.29, 1.82) is 0 Å². The Kier molecular flexibility index (Phi) is 6.64. The van der Waals surface area contributed by atoms with Gasteiger partial charge in [-0.15, -0.1) is 0 Å². The number of hydrogen-bond donors (Lipinski definition) is 2. The quantitative estimate of drug-likeness (QED) is 0.638. The molecule has 0 aromatic heterocycles. The topological polar surface area (TPSA) is 95.9 Å². The number of nitrogens with one attached hydrogen (secondary N) is 1. The second-order valence-electron chi connectivity index (χ2n) is 10.5. The third kappa shape index (κ3) is 5.24. The van der Waals surface area contributed by atoms with E-state index in [4.69, 9.17) is 4.74 Å². The molecule has 2 aromatic rings. The molecule has 0 radical (unpaired) electrons. The van der Waals surface area contributed by atoms with Crippen molar-refractivity contribution in [3.63, 3.8) is 0 Å². The highest BCUT2D eigenvalue weighted by atomic mass is 16.5. The van der Waals surface area contributed by atoms with Crippen LogP contribution in [-0.2, 0) is 14.3 Å². The van der Waals surface area contributed by atoms with Crippen LogP contribution in [-0.4, -0.2) is 53.7 Å². The molecule has 4 rings (SSSR count). The van der Waals surface area contributed by atoms with Crippen LogP contribution in [0.15, 0.2) is 48.5 Å². The lowest BCUT2D eigenvalue weighted by molar-refractivity contribution is -0.149. The van der Waals surface area contributed by atoms with Gasteiger partial charge in [-0.05, 0) is 40.5 Å². The summed E-state index contributed by atoms with van der Waals surface area (Å²) >= 11 is 0. The Labute approximate surface area is 200 Å². The number of carboxylic acids is 1. The highest BCUT2D eigenvalue weighted by molar-refractivity contribution is 5.84. The third-order valence-electron chi connectivity index (χ3n) is 6.46. The number of hydrogen-bond acceptors (Lipinski definition) is 4. The highest BCUT2D eigenvalue weighted by Crippen LogP contribution is 2.44. The molecule has 180 valence electrons. The first-order valence-electron chi connectivity index (χ1n) is 11.7. The number of nitrogens with zero attached hydrogens (tertiary/aromatic N) is 1. The van der Waals surface area contributed by atoms with E-state index >= 15 is 0 Å². The van der Waals surface area contributed by atoms with Gasteiger partial charge in [0.25, 0.3) is 0 Å². The number of aliphatic carboxylic acids is 1. The molecule has 2 amide bonds. The van der Waals surface area contributed by atoms with Gasteiger partial charge in [-0.2, -0.15) is 0 Å². The molecule has 34 heavy (non-hydrogen) atoms. The van der Waals surface area contributed by atoms with E-state index in [1.807, 2.05) is 45.0 Å². The highest BCUT2D eigenvalue weighted by Gasteiger charge is 2.39. The van der Waals surface area contributed by atoms with Crippen LogP contribution in [0.5, 0.6) is 0 Å². The Bertz CT molecular complexity index is 1040. The van der Waals surface area contributed by atoms with Crippen LogP contribution >= 0.6 is 0 Å². The number of amides is 2. The van der Waals surface area contributed by atoms with Crippen LogP contribution in [0.3, 0.4) is 0 Å². The lowest BCUT2D eigenvalue weighted by Crippen LogP contribution is -2.52. The van der Waals surface area contributed by atoms with Crippen molar-refractivity contribution in [2.75, 3.05) is 19.7 Å². The minimum absolute atomic E-state index is 0.00385. The van der Waals surface area contributed by atoms with Gasteiger partial charge in [0, 0.05) is 24.4 Å². The molecule has 0 heterocycles. The van der Waals surface area contributed by atoms with E-state index in [-0.39, 0.29) is 42.4 Å². The molecule has 0 atom stereocenters. The minimum atomic E-state index is -1.02. The maximum absolute atomic E-state index is 12.8. The molecular weight excluding hydrogens is 432 g/mol. The molecule has 2 aliphatic rings. The van der Waals surface area contributed by atoms with Gasteiger partial charge < -0.3 is 20.1 Å². The van der Waals surface area contributed by atoms with E-state index in [0.29, 0.717) is 19.4 Å². The van der Waals surface area contributed by atoms with Crippen molar-refractivity contribution < 1.29 is 24.2 Å². The summed E-state index contributed by atoms with van der Waals surface area (Å²) < 4.78 is 5.58. The van der Waals surface area contributed by atoms with Crippen LogP contribution < -0.4 is 5.32 Å². The summed E-state index contributed by atoms with van der Waals surface area (Å²) in [5.74, 6) is -1.47. The van der Waals surface area contributed by atoms with Crippen molar-refractivity contribution in [3.05, 3.63) is 59.7 Å². The average Bonchev–Trinajstić information content (AvgIpc) is 3.06. The summed E-state index contributed by atoms with van der Waals surface area (Å²) in [6.07, 6.45) is 0.488. The number of carbonyl (C=O) groups excluding carboxylic acids is 2. The van der Waals surface area contributed by atoms with E-state index in [2.05, 4.69) is 29.6 Å². The number of ether oxygens (including phenoxy) is 1. The summed E-state index contributed by atoms with van der Waals surface area (Å²) in [6, 6.07) is 16.2. The molecule has 1 saturated carbocycles. The molecule has 0 saturated heterocycles. The van der Waals surface area contributed by atoms with E-state index in [1.54, 1.807) is 0 Å². The van der Waals surface area contributed by atoms with Gasteiger partial charge in [-0.1, -0.05) is 69.3 Å². The maximum atomic E-state index is 12.8. The SMILES string of the molecule is CC(C)(C)CN(CC(=O)O)C(=O)C1CC(NC(=O)OCC2c3ccccc3-c3ccccc32)C1. The molecule has 2 aromatic carbocycles. The zero-order valence-electron chi connectivity index (χ0n) is 19.9. The van der Waals surface area contributed by atoms with Gasteiger partial charge in [0.15, 0.2) is 0 Å². The lowest BCUT2D eigenvalue weighted by atomic mass is 9.79. The molecule has 0 aliphatic heterocycles. The Morgan fingerprint density at radius 2 is 1.56 bits per heavy atom. The van der Waals surface area contributed by atoms with Gasteiger partial charge in [0.2, 0.25) is 5.91 Å². The van der Waals surface area contributed by atoms with E-state index < -0.39 is 12.1 Å². The Hall–Kier alpha value is -3.35. The van der Waals surface area contributed by atoms with Crippen LogP contribution in [0.25, 0.3) is 11.1 Å². The van der Waals surface area contributed by atoms with Gasteiger partial charge >= 0.3 is 12.1 Å². The Balaban J connectivity index is 1.29. The van der Waals surface area contributed by atoms with Crippen molar-refractivity contribution in [1.82, 2.24) is 10.2 Å². The first-order chi connectivity index (χ1) is 16.1. The van der Waals surface area contributed by atoms with E-state index in [9.17, 15) is 19.5 Å². The predicted molar refractivity (Wildman–Crippen MR) is 128 cm³/mol. The molecule has 0 spiro atoms. The zero-order valence-corrected chi connectivity index (χ0v) is 19.9. The monoisotopic (exact) mass is 464 g/mol. The number of rotatable bonds is 7.